The number of hydrogen-bond acceptors (Lipinski definition) is 6. The summed E-state index contributed by atoms with van der Waals surface area (Å²) in [6, 6.07) is 10.6. The van der Waals surface area contributed by atoms with Gasteiger partial charge >= 0.3 is 0 Å². The van der Waals surface area contributed by atoms with Gasteiger partial charge < -0.3 is 5.73 Å². The Bertz CT molecular complexity index is 905. The molecule has 128 valence electrons. The van der Waals surface area contributed by atoms with E-state index < -0.39 is 0 Å². The van der Waals surface area contributed by atoms with Crippen LogP contribution >= 0.6 is 23.1 Å². The number of thiophene rings is 1. The molecular weight excluding hydrogens is 348 g/mol. The first kappa shape index (κ1) is 16.6. The van der Waals surface area contributed by atoms with E-state index in [-0.39, 0.29) is 0 Å². The molecule has 4 rings (SSSR count). The topological polar surface area (TPSA) is 55.0 Å². The second-order valence-corrected chi connectivity index (χ2v) is 8.24. The van der Waals surface area contributed by atoms with Gasteiger partial charge in [0.05, 0.1) is 5.69 Å². The smallest absolute Gasteiger partial charge is 0.148 e. The molecule has 0 amide bonds. The molecule has 2 aromatic heterocycles. The van der Waals surface area contributed by atoms with Crippen molar-refractivity contribution in [2.24, 2.45) is 0 Å². The normalized spacial score (nSPS) is 14.6. The van der Waals surface area contributed by atoms with Crippen LogP contribution in [0.15, 0.2) is 48.0 Å². The molecule has 0 aliphatic carbocycles. The highest BCUT2D eigenvalue weighted by Gasteiger charge is 2.24. The van der Waals surface area contributed by atoms with Crippen LogP contribution in [0.5, 0.6) is 0 Å². The fourth-order valence-corrected chi connectivity index (χ4v) is 5.12. The first-order chi connectivity index (χ1) is 12.3. The third-order valence-electron chi connectivity index (χ3n) is 4.44. The zero-order chi connectivity index (χ0) is 17.2. The number of nitrogens with two attached hydrogens (primary N) is 1. The summed E-state index contributed by atoms with van der Waals surface area (Å²) in [5, 5.41) is 10.7. The highest BCUT2D eigenvalue weighted by molar-refractivity contribution is 7.99. The first-order valence-electron chi connectivity index (χ1n) is 8.32. The van der Waals surface area contributed by atoms with E-state index in [1.807, 2.05) is 6.08 Å². The number of rotatable bonds is 5. The van der Waals surface area contributed by atoms with Crippen molar-refractivity contribution in [1.29, 1.82) is 0 Å². The fraction of sp³-hybridized carbons (Fsp3) is 0.263. The second-order valence-electron chi connectivity index (χ2n) is 6.15. The molecule has 0 spiro atoms. The highest BCUT2D eigenvalue weighted by atomic mass is 32.2. The Morgan fingerprint density at radius 2 is 2.12 bits per heavy atom. The Morgan fingerprint density at radius 1 is 1.28 bits per heavy atom. The number of benzene rings is 1. The average Bonchev–Trinajstić information content (AvgIpc) is 3.00. The predicted octanol–water partition coefficient (Wildman–Crippen LogP) is 4.11. The van der Waals surface area contributed by atoms with Crippen molar-refractivity contribution < 1.29 is 0 Å². The SMILES string of the molecule is C=CCSc1nnc2sc3c(c2c1N)CCN(Cc1ccccc1)C3. The average molecular weight is 369 g/mol. The molecule has 0 fully saturated rings. The second kappa shape index (κ2) is 7.15. The summed E-state index contributed by atoms with van der Waals surface area (Å²) in [6.45, 7) is 6.74. The lowest BCUT2D eigenvalue weighted by atomic mass is 10.0. The van der Waals surface area contributed by atoms with E-state index in [0.717, 1.165) is 52.7 Å². The van der Waals surface area contributed by atoms with Crippen LogP contribution in [0.2, 0.25) is 0 Å². The summed E-state index contributed by atoms with van der Waals surface area (Å²) in [7, 11) is 0. The maximum atomic E-state index is 6.42. The molecule has 0 atom stereocenters. The van der Waals surface area contributed by atoms with Crippen molar-refractivity contribution in [2.75, 3.05) is 18.0 Å². The lowest BCUT2D eigenvalue weighted by Gasteiger charge is -2.27. The molecule has 6 heteroatoms. The number of aromatic nitrogens is 2. The van der Waals surface area contributed by atoms with Gasteiger partial charge in [-0.1, -0.05) is 48.2 Å². The van der Waals surface area contributed by atoms with Gasteiger partial charge in [-0.2, -0.15) is 0 Å². The van der Waals surface area contributed by atoms with Crippen LogP contribution in [0.4, 0.5) is 5.69 Å². The summed E-state index contributed by atoms with van der Waals surface area (Å²) in [5.74, 6) is 0.793. The highest BCUT2D eigenvalue weighted by Crippen LogP contribution is 2.39. The standard InChI is InChI=1S/C19H20N4S2/c1-2-10-24-19-17(20)16-14-8-9-23(11-13-6-4-3-5-7-13)12-15(14)25-18(16)21-22-19/h2-7H,1,8-12H2,(H2,20,21). The number of nitrogens with zero attached hydrogens (tertiary/aromatic N) is 3. The minimum atomic E-state index is 0.783. The summed E-state index contributed by atoms with van der Waals surface area (Å²) >= 11 is 3.33. The van der Waals surface area contributed by atoms with E-state index in [9.17, 15) is 0 Å². The van der Waals surface area contributed by atoms with Crippen molar-refractivity contribution in [2.45, 2.75) is 24.5 Å². The summed E-state index contributed by atoms with van der Waals surface area (Å²) < 4.78 is 0. The van der Waals surface area contributed by atoms with Crippen LogP contribution < -0.4 is 5.73 Å². The fourth-order valence-electron chi connectivity index (χ4n) is 3.26. The molecule has 0 saturated carbocycles. The molecule has 1 aliphatic rings. The van der Waals surface area contributed by atoms with Crippen LogP contribution in [-0.4, -0.2) is 27.4 Å². The van der Waals surface area contributed by atoms with Crippen molar-refractivity contribution in [3.63, 3.8) is 0 Å². The van der Waals surface area contributed by atoms with E-state index in [0.29, 0.717) is 0 Å². The Balaban J connectivity index is 1.62. The zero-order valence-electron chi connectivity index (χ0n) is 13.9. The Kier molecular flexibility index (Phi) is 4.74. The molecule has 1 aromatic carbocycles. The Hall–Kier alpha value is -1.89. The third-order valence-corrected chi connectivity index (χ3v) is 6.51. The van der Waals surface area contributed by atoms with E-state index in [2.05, 4.69) is 52.0 Å². The van der Waals surface area contributed by atoms with Crippen molar-refractivity contribution in [3.05, 3.63) is 59.0 Å². The molecule has 1 aliphatic heterocycles. The van der Waals surface area contributed by atoms with E-state index >= 15 is 0 Å². The zero-order valence-corrected chi connectivity index (χ0v) is 15.6. The van der Waals surface area contributed by atoms with Crippen LogP contribution in [0.3, 0.4) is 0 Å². The summed E-state index contributed by atoms with van der Waals surface area (Å²) in [6.07, 6.45) is 2.88. The molecule has 0 radical (unpaired) electrons. The predicted molar refractivity (Wildman–Crippen MR) is 107 cm³/mol. The maximum absolute atomic E-state index is 6.42. The lowest BCUT2D eigenvalue weighted by Crippen LogP contribution is -2.29. The molecule has 3 heterocycles. The lowest BCUT2D eigenvalue weighted by molar-refractivity contribution is 0.249. The molecule has 0 bridgehead atoms. The maximum Gasteiger partial charge on any atom is 0.148 e. The quantitative estimate of drug-likeness (QED) is 0.542. The van der Waals surface area contributed by atoms with Gasteiger partial charge in [0, 0.05) is 35.7 Å². The molecule has 25 heavy (non-hydrogen) atoms. The van der Waals surface area contributed by atoms with Crippen LogP contribution in [0.1, 0.15) is 16.0 Å². The molecular formula is C19H20N4S2. The number of hydrogen-bond donors (Lipinski definition) is 1. The molecule has 2 N–H and O–H groups in total. The molecule has 0 unspecified atom stereocenters. The van der Waals surface area contributed by atoms with Gasteiger partial charge in [-0.05, 0) is 17.5 Å². The largest absolute Gasteiger partial charge is 0.396 e. The number of nitrogen functional groups attached to an aromatic ring is 1. The minimum Gasteiger partial charge on any atom is -0.396 e. The third kappa shape index (κ3) is 3.29. The van der Waals surface area contributed by atoms with Crippen LogP contribution in [0.25, 0.3) is 10.2 Å². The van der Waals surface area contributed by atoms with E-state index in [4.69, 9.17) is 5.73 Å². The van der Waals surface area contributed by atoms with Crippen molar-refractivity contribution >= 4 is 39.0 Å². The molecule has 0 saturated heterocycles. The van der Waals surface area contributed by atoms with Crippen molar-refractivity contribution in [3.8, 4) is 0 Å². The molecule has 3 aromatic rings. The van der Waals surface area contributed by atoms with Crippen LogP contribution in [0, 0.1) is 0 Å². The van der Waals surface area contributed by atoms with Gasteiger partial charge in [-0.15, -0.1) is 28.1 Å². The number of thioether (sulfide) groups is 1. The van der Waals surface area contributed by atoms with E-state index in [1.165, 1.54) is 16.0 Å². The van der Waals surface area contributed by atoms with Gasteiger partial charge in [0.2, 0.25) is 0 Å². The summed E-state index contributed by atoms with van der Waals surface area (Å²) in [4.78, 5) is 4.83. The van der Waals surface area contributed by atoms with E-state index in [1.54, 1.807) is 23.1 Å². The number of anilines is 1. The Labute approximate surface area is 155 Å². The van der Waals surface area contributed by atoms with Gasteiger partial charge in [0.25, 0.3) is 0 Å². The van der Waals surface area contributed by atoms with Gasteiger partial charge in [0.1, 0.15) is 9.86 Å². The first-order valence-corrected chi connectivity index (χ1v) is 10.1. The minimum absolute atomic E-state index is 0.783. The number of fused-ring (bicyclic) bond motifs is 3. The van der Waals surface area contributed by atoms with Gasteiger partial charge in [-0.3, -0.25) is 4.90 Å². The van der Waals surface area contributed by atoms with Gasteiger partial charge in [0.15, 0.2) is 0 Å². The van der Waals surface area contributed by atoms with Gasteiger partial charge in [-0.25, -0.2) is 0 Å². The van der Waals surface area contributed by atoms with Crippen LogP contribution in [-0.2, 0) is 19.5 Å². The van der Waals surface area contributed by atoms with Crippen molar-refractivity contribution in [1.82, 2.24) is 15.1 Å². The summed E-state index contributed by atoms with van der Waals surface area (Å²) in [5.41, 5.74) is 9.93. The monoisotopic (exact) mass is 368 g/mol. The Morgan fingerprint density at radius 3 is 2.92 bits per heavy atom. The molecule has 4 nitrogen and oxygen atoms in total.